The van der Waals surface area contributed by atoms with Gasteiger partial charge in [-0.1, -0.05) is 6.42 Å². The van der Waals surface area contributed by atoms with Gasteiger partial charge in [0.2, 0.25) is 0 Å². The molecule has 3 aliphatic carbocycles. The highest BCUT2D eigenvalue weighted by molar-refractivity contribution is 5.12. The van der Waals surface area contributed by atoms with Crippen LogP contribution < -0.4 is 5.73 Å². The van der Waals surface area contributed by atoms with Crippen LogP contribution >= 0.6 is 0 Å². The summed E-state index contributed by atoms with van der Waals surface area (Å²) < 4.78 is 5.77. The Kier molecular flexibility index (Phi) is 2.74. The third-order valence-corrected chi connectivity index (χ3v) is 6.64. The summed E-state index contributed by atoms with van der Waals surface area (Å²) in [6, 6.07) is 0. The first-order valence-corrected chi connectivity index (χ1v) is 8.17. The van der Waals surface area contributed by atoms with Crippen LogP contribution in [0.4, 0.5) is 0 Å². The van der Waals surface area contributed by atoms with Crippen molar-refractivity contribution >= 4 is 0 Å². The van der Waals surface area contributed by atoms with Gasteiger partial charge in [-0.2, -0.15) is 0 Å². The number of ether oxygens (including phenoxy) is 1. The molecule has 2 N–H and O–H groups in total. The Morgan fingerprint density at radius 1 is 1.11 bits per heavy atom. The number of hydrogen-bond acceptors (Lipinski definition) is 2. The Balaban J connectivity index is 1.41. The zero-order valence-electron chi connectivity index (χ0n) is 11.4. The molecule has 4 fully saturated rings. The summed E-state index contributed by atoms with van der Waals surface area (Å²) in [6.07, 6.45) is 12.8. The molecular weight excluding hydrogens is 222 g/mol. The molecule has 0 aromatic carbocycles. The van der Waals surface area contributed by atoms with Gasteiger partial charge >= 0.3 is 0 Å². The van der Waals surface area contributed by atoms with Crippen molar-refractivity contribution in [2.45, 2.75) is 69.4 Å². The van der Waals surface area contributed by atoms with Crippen LogP contribution in [0, 0.1) is 23.7 Å². The molecule has 0 aromatic rings. The average molecular weight is 249 g/mol. The third kappa shape index (κ3) is 1.68. The number of rotatable bonds is 3. The summed E-state index contributed by atoms with van der Waals surface area (Å²) in [5.41, 5.74) is 7.01. The summed E-state index contributed by atoms with van der Waals surface area (Å²) >= 11 is 0. The molecule has 2 bridgehead atoms. The largest absolute Gasteiger partial charge is 0.378 e. The average Bonchev–Trinajstić information content (AvgIpc) is 3.09. The summed E-state index contributed by atoms with van der Waals surface area (Å²) in [5, 5.41) is 0. The van der Waals surface area contributed by atoms with Crippen LogP contribution in [-0.4, -0.2) is 18.2 Å². The highest BCUT2D eigenvalue weighted by Gasteiger charge is 2.58. The summed E-state index contributed by atoms with van der Waals surface area (Å²) in [5.74, 6) is 3.90. The molecule has 2 nitrogen and oxygen atoms in total. The van der Waals surface area contributed by atoms with Crippen molar-refractivity contribution in [1.82, 2.24) is 0 Å². The standard InChI is InChI=1S/C16H27NO/c17-16(7-6-12-3-2-8-18-12)10-11-9-15(16)14-5-1-4-13(11)14/h11-15H,1-10,17H2. The number of fused-ring (bicyclic) bond motifs is 5. The first-order chi connectivity index (χ1) is 8.76. The van der Waals surface area contributed by atoms with E-state index in [1.807, 2.05) is 0 Å². The van der Waals surface area contributed by atoms with Crippen LogP contribution in [0.15, 0.2) is 0 Å². The van der Waals surface area contributed by atoms with Crippen LogP contribution in [0.25, 0.3) is 0 Å². The quantitative estimate of drug-likeness (QED) is 0.834. The fraction of sp³-hybridized carbons (Fsp3) is 1.00. The minimum Gasteiger partial charge on any atom is -0.378 e. The van der Waals surface area contributed by atoms with Gasteiger partial charge in [-0.05, 0) is 75.0 Å². The highest BCUT2D eigenvalue weighted by atomic mass is 16.5. The Labute approximate surface area is 111 Å². The van der Waals surface area contributed by atoms with Crippen LogP contribution in [0.3, 0.4) is 0 Å². The molecule has 102 valence electrons. The van der Waals surface area contributed by atoms with Crippen LogP contribution in [-0.2, 0) is 4.74 Å². The van der Waals surface area contributed by atoms with Gasteiger partial charge in [-0.25, -0.2) is 0 Å². The topological polar surface area (TPSA) is 35.2 Å². The summed E-state index contributed by atoms with van der Waals surface area (Å²) in [6.45, 7) is 0.985. The first kappa shape index (κ1) is 11.7. The van der Waals surface area contributed by atoms with Crippen molar-refractivity contribution in [1.29, 1.82) is 0 Å². The Hall–Kier alpha value is -0.0800. The van der Waals surface area contributed by atoms with E-state index in [0.29, 0.717) is 6.10 Å². The van der Waals surface area contributed by atoms with Gasteiger partial charge in [0.05, 0.1) is 6.10 Å². The van der Waals surface area contributed by atoms with Crippen molar-refractivity contribution in [2.24, 2.45) is 29.4 Å². The van der Waals surface area contributed by atoms with Gasteiger partial charge in [0.1, 0.15) is 0 Å². The minimum atomic E-state index is 0.183. The van der Waals surface area contributed by atoms with Crippen molar-refractivity contribution in [3.05, 3.63) is 0 Å². The monoisotopic (exact) mass is 249 g/mol. The van der Waals surface area contributed by atoms with Crippen LogP contribution in [0.1, 0.15) is 57.8 Å². The maximum atomic E-state index is 6.82. The lowest BCUT2D eigenvalue weighted by atomic mass is 9.69. The molecule has 18 heavy (non-hydrogen) atoms. The van der Waals surface area contributed by atoms with Gasteiger partial charge in [0.25, 0.3) is 0 Å². The van der Waals surface area contributed by atoms with E-state index in [4.69, 9.17) is 10.5 Å². The van der Waals surface area contributed by atoms with Gasteiger partial charge in [0.15, 0.2) is 0 Å². The molecule has 1 saturated heterocycles. The molecule has 6 unspecified atom stereocenters. The van der Waals surface area contributed by atoms with Crippen molar-refractivity contribution < 1.29 is 4.74 Å². The van der Waals surface area contributed by atoms with Gasteiger partial charge in [-0.3, -0.25) is 0 Å². The Bertz CT molecular complexity index is 325. The minimum absolute atomic E-state index is 0.183. The SMILES string of the molecule is NC1(CCC2CCCO2)CC2CC1C1CCCC21. The van der Waals surface area contributed by atoms with Crippen LogP contribution in [0.5, 0.6) is 0 Å². The van der Waals surface area contributed by atoms with E-state index < -0.39 is 0 Å². The zero-order valence-corrected chi connectivity index (χ0v) is 11.4. The van der Waals surface area contributed by atoms with E-state index >= 15 is 0 Å². The summed E-state index contributed by atoms with van der Waals surface area (Å²) in [4.78, 5) is 0. The molecule has 4 aliphatic rings. The van der Waals surface area contributed by atoms with E-state index in [2.05, 4.69) is 0 Å². The van der Waals surface area contributed by atoms with Gasteiger partial charge in [-0.15, -0.1) is 0 Å². The van der Waals surface area contributed by atoms with Crippen molar-refractivity contribution in [3.8, 4) is 0 Å². The van der Waals surface area contributed by atoms with Crippen molar-refractivity contribution in [2.75, 3.05) is 6.61 Å². The van der Waals surface area contributed by atoms with E-state index in [0.717, 1.165) is 30.3 Å². The lowest BCUT2D eigenvalue weighted by molar-refractivity contribution is 0.0802. The molecule has 1 aliphatic heterocycles. The molecule has 0 amide bonds. The Morgan fingerprint density at radius 3 is 2.83 bits per heavy atom. The van der Waals surface area contributed by atoms with Crippen LogP contribution in [0.2, 0.25) is 0 Å². The van der Waals surface area contributed by atoms with E-state index in [-0.39, 0.29) is 5.54 Å². The second-order valence-corrected chi connectivity index (χ2v) is 7.47. The summed E-state index contributed by atoms with van der Waals surface area (Å²) in [7, 11) is 0. The predicted molar refractivity (Wildman–Crippen MR) is 72.2 cm³/mol. The molecule has 0 aromatic heterocycles. The van der Waals surface area contributed by atoms with Gasteiger partial charge in [0, 0.05) is 12.1 Å². The highest BCUT2D eigenvalue weighted by Crippen LogP contribution is 2.62. The van der Waals surface area contributed by atoms with Gasteiger partial charge < -0.3 is 10.5 Å². The predicted octanol–water partition coefficient (Wildman–Crippen LogP) is 3.10. The normalized spacial score (nSPS) is 54.2. The zero-order chi connectivity index (χ0) is 12.2. The fourth-order valence-electron chi connectivity index (χ4n) is 5.90. The molecule has 0 radical (unpaired) electrons. The maximum absolute atomic E-state index is 6.82. The molecule has 1 heterocycles. The second kappa shape index (κ2) is 4.21. The lowest BCUT2D eigenvalue weighted by Gasteiger charge is -2.40. The third-order valence-electron chi connectivity index (χ3n) is 6.64. The van der Waals surface area contributed by atoms with E-state index in [9.17, 15) is 0 Å². The molecule has 4 rings (SSSR count). The number of nitrogens with two attached hydrogens (primary N) is 1. The smallest absolute Gasteiger partial charge is 0.0576 e. The lowest BCUT2D eigenvalue weighted by Crippen LogP contribution is -2.49. The first-order valence-electron chi connectivity index (χ1n) is 8.17. The van der Waals surface area contributed by atoms with Crippen molar-refractivity contribution in [3.63, 3.8) is 0 Å². The molecule has 6 atom stereocenters. The fourth-order valence-corrected chi connectivity index (χ4v) is 5.90. The Morgan fingerprint density at radius 2 is 2.00 bits per heavy atom. The molecule has 3 saturated carbocycles. The molecule has 2 heteroatoms. The van der Waals surface area contributed by atoms with E-state index in [1.54, 1.807) is 0 Å². The number of hydrogen-bond donors (Lipinski definition) is 1. The maximum Gasteiger partial charge on any atom is 0.0576 e. The molecular formula is C16H27NO. The molecule has 0 spiro atoms. The second-order valence-electron chi connectivity index (χ2n) is 7.47. The van der Waals surface area contributed by atoms with E-state index in [1.165, 1.54) is 57.8 Å².